The van der Waals surface area contributed by atoms with Gasteiger partial charge in [0.2, 0.25) is 0 Å². The minimum Gasteiger partial charge on any atom is -0.479 e. The van der Waals surface area contributed by atoms with Crippen molar-refractivity contribution < 1.29 is 14.6 Å². The average molecular weight is 174 g/mol. The van der Waals surface area contributed by atoms with Crippen LogP contribution in [0.5, 0.6) is 5.19 Å². The topological polar surface area (TPSA) is 72.3 Å². The van der Waals surface area contributed by atoms with Crippen LogP contribution in [0.2, 0.25) is 0 Å². The molecule has 0 radical (unpaired) electrons. The van der Waals surface area contributed by atoms with Gasteiger partial charge in [-0.3, -0.25) is 0 Å². The Balaban J connectivity index is 2.45. The number of aromatic nitrogens is 2. The number of aryl methyl sites for hydroxylation is 1. The zero-order valence-corrected chi connectivity index (χ0v) is 6.59. The summed E-state index contributed by atoms with van der Waals surface area (Å²) in [6.07, 6.45) is 0. The Morgan fingerprint density at radius 3 is 3.00 bits per heavy atom. The van der Waals surface area contributed by atoms with Crippen molar-refractivity contribution in [1.29, 1.82) is 0 Å². The molecular weight excluding hydrogens is 168 g/mol. The molecule has 60 valence electrons. The van der Waals surface area contributed by atoms with Crippen LogP contribution in [0.3, 0.4) is 0 Å². The maximum atomic E-state index is 10.0. The van der Waals surface area contributed by atoms with E-state index in [0.29, 0.717) is 11.0 Å². The molecular formula is C5H6N2O3S. The summed E-state index contributed by atoms with van der Waals surface area (Å²) in [5.41, 5.74) is 0. The molecule has 1 rings (SSSR count). The second-order valence-electron chi connectivity index (χ2n) is 1.79. The number of carboxylic acids is 1. The van der Waals surface area contributed by atoms with Gasteiger partial charge in [0, 0.05) is 11.5 Å². The Morgan fingerprint density at radius 1 is 1.82 bits per heavy atom. The number of hydrogen-bond donors (Lipinski definition) is 1. The highest BCUT2D eigenvalue weighted by Crippen LogP contribution is 2.12. The second kappa shape index (κ2) is 3.29. The molecule has 0 saturated heterocycles. The molecule has 1 heterocycles. The highest BCUT2D eigenvalue weighted by molar-refractivity contribution is 7.07. The molecule has 6 heteroatoms. The number of hydrogen-bond acceptors (Lipinski definition) is 5. The van der Waals surface area contributed by atoms with Gasteiger partial charge in [0.1, 0.15) is 5.82 Å². The molecule has 0 aliphatic heterocycles. The molecule has 0 aliphatic carbocycles. The first kappa shape index (κ1) is 7.93. The molecule has 0 fully saturated rings. The molecule has 1 N–H and O–H groups in total. The predicted octanol–water partition coefficient (Wildman–Crippen LogP) is 0.310. The molecule has 1 aromatic heterocycles. The van der Waals surface area contributed by atoms with Crippen LogP contribution in [0, 0.1) is 6.92 Å². The van der Waals surface area contributed by atoms with Crippen molar-refractivity contribution in [3.63, 3.8) is 0 Å². The fraction of sp³-hybridized carbons (Fsp3) is 0.400. The van der Waals surface area contributed by atoms with E-state index in [1.54, 1.807) is 6.92 Å². The quantitative estimate of drug-likeness (QED) is 0.713. The van der Waals surface area contributed by atoms with Crippen molar-refractivity contribution in [1.82, 2.24) is 9.36 Å². The molecule has 0 atom stereocenters. The van der Waals surface area contributed by atoms with Gasteiger partial charge >= 0.3 is 5.97 Å². The Kier molecular flexibility index (Phi) is 2.37. The number of ether oxygens (including phenoxy) is 1. The largest absolute Gasteiger partial charge is 0.479 e. The van der Waals surface area contributed by atoms with E-state index < -0.39 is 5.97 Å². The monoisotopic (exact) mass is 174 g/mol. The predicted molar refractivity (Wildman–Crippen MR) is 37.8 cm³/mol. The zero-order chi connectivity index (χ0) is 8.27. The van der Waals surface area contributed by atoms with Crippen LogP contribution in [0.4, 0.5) is 0 Å². The van der Waals surface area contributed by atoms with Crippen LogP contribution in [-0.4, -0.2) is 27.0 Å². The first-order chi connectivity index (χ1) is 5.18. The average Bonchev–Trinajstić information content (AvgIpc) is 2.31. The van der Waals surface area contributed by atoms with Gasteiger partial charge in [0.05, 0.1) is 0 Å². The summed E-state index contributed by atoms with van der Waals surface area (Å²) in [4.78, 5) is 13.8. The van der Waals surface area contributed by atoms with E-state index in [4.69, 9.17) is 9.84 Å². The number of carbonyl (C=O) groups is 1. The van der Waals surface area contributed by atoms with Gasteiger partial charge in [-0.2, -0.15) is 9.36 Å². The van der Waals surface area contributed by atoms with Crippen molar-refractivity contribution >= 4 is 17.5 Å². The summed E-state index contributed by atoms with van der Waals surface area (Å²) in [5.74, 6) is -0.423. The minimum atomic E-state index is -1.02. The third-order valence-electron chi connectivity index (χ3n) is 0.828. The fourth-order valence-electron chi connectivity index (χ4n) is 0.460. The molecule has 0 aliphatic rings. The van der Waals surface area contributed by atoms with Gasteiger partial charge < -0.3 is 9.84 Å². The molecule has 0 unspecified atom stereocenters. The number of nitrogens with zero attached hydrogens (tertiary/aromatic N) is 2. The zero-order valence-electron chi connectivity index (χ0n) is 5.77. The molecule has 0 aromatic carbocycles. The highest BCUT2D eigenvalue weighted by atomic mass is 32.1. The molecule has 0 saturated carbocycles. The van der Waals surface area contributed by atoms with Crippen molar-refractivity contribution in [2.75, 3.05) is 6.61 Å². The van der Waals surface area contributed by atoms with Crippen molar-refractivity contribution in [2.45, 2.75) is 6.92 Å². The van der Waals surface area contributed by atoms with Crippen LogP contribution in [-0.2, 0) is 4.79 Å². The van der Waals surface area contributed by atoms with Crippen LogP contribution >= 0.6 is 11.5 Å². The Hall–Kier alpha value is -1.17. The summed E-state index contributed by atoms with van der Waals surface area (Å²) in [7, 11) is 0. The lowest BCUT2D eigenvalue weighted by molar-refractivity contribution is -0.139. The summed E-state index contributed by atoms with van der Waals surface area (Å²) < 4.78 is 8.54. The van der Waals surface area contributed by atoms with Crippen LogP contribution in [0.1, 0.15) is 5.82 Å². The SMILES string of the molecule is Cc1nsc(OCC(=O)O)n1. The van der Waals surface area contributed by atoms with Crippen molar-refractivity contribution in [2.24, 2.45) is 0 Å². The van der Waals surface area contributed by atoms with Gasteiger partial charge in [-0.25, -0.2) is 4.79 Å². The van der Waals surface area contributed by atoms with E-state index in [-0.39, 0.29) is 6.61 Å². The first-order valence-electron chi connectivity index (χ1n) is 2.83. The lowest BCUT2D eigenvalue weighted by atomic mass is 10.7. The number of aliphatic carboxylic acids is 1. The van der Waals surface area contributed by atoms with Crippen LogP contribution in [0.15, 0.2) is 0 Å². The standard InChI is InChI=1S/C5H6N2O3S/c1-3-6-5(11-7-3)10-2-4(8)9/h2H2,1H3,(H,8,9). The lowest BCUT2D eigenvalue weighted by Crippen LogP contribution is -2.09. The molecule has 0 amide bonds. The number of rotatable bonds is 3. The summed E-state index contributed by atoms with van der Waals surface area (Å²) in [6, 6.07) is 0. The normalized spacial score (nSPS) is 9.55. The van der Waals surface area contributed by atoms with E-state index in [9.17, 15) is 4.79 Å². The Labute approximate surface area is 66.8 Å². The Bertz CT molecular complexity index is 260. The third kappa shape index (κ3) is 2.50. The van der Waals surface area contributed by atoms with Crippen molar-refractivity contribution in [3.8, 4) is 5.19 Å². The lowest BCUT2D eigenvalue weighted by Gasteiger charge is -1.93. The van der Waals surface area contributed by atoms with E-state index in [1.807, 2.05) is 0 Å². The smallest absolute Gasteiger partial charge is 0.341 e. The van der Waals surface area contributed by atoms with Gasteiger partial charge in [0.15, 0.2) is 6.61 Å². The molecule has 11 heavy (non-hydrogen) atoms. The van der Waals surface area contributed by atoms with Crippen LogP contribution in [0.25, 0.3) is 0 Å². The highest BCUT2D eigenvalue weighted by Gasteiger charge is 2.02. The fourth-order valence-corrected chi connectivity index (χ4v) is 0.996. The third-order valence-corrected chi connectivity index (χ3v) is 1.55. The molecule has 0 spiro atoms. The van der Waals surface area contributed by atoms with Gasteiger partial charge in [-0.05, 0) is 6.92 Å². The molecule has 5 nitrogen and oxygen atoms in total. The summed E-state index contributed by atoms with van der Waals surface area (Å²) in [6.45, 7) is 1.35. The molecule has 1 aromatic rings. The maximum absolute atomic E-state index is 10.0. The van der Waals surface area contributed by atoms with E-state index in [2.05, 4.69) is 9.36 Å². The van der Waals surface area contributed by atoms with E-state index in [0.717, 1.165) is 11.5 Å². The second-order valence-corrected chi connectivity index (χ2v) is 2.50. The Morgan fingerprint density at radius 2 is 2.55 bits per heavy atom. The molecule has 0 bridgehead atoms. The van der Waals surface area contributed by atoms with Gasteiger partial charge in [0.25, 0.3) is 5.19 Å². The first-order valence-corrected chi connectivity index (χ1v) is 3.60. The maximum Gasteiger partial charge on any atom is 0.341 e. The minimum absolute atomic E-state index is 0.296. The van der Waals surface area contributed by atoms with E-state index in [1.165, 1.54) is 0 Å². The van der Waals surface area contributed by atoms with Crippen molar-refractivity contribution in [3.05, 3.63) is 5.82 Å². The number of carboxylic acid groups (broad SMARTS) is 1. The van der Waals surface area contributed by atoms with Gasteiger partial charge in [-0.1, -0.05) is 0 Å². The van der Waals surface area contributed by atoms with Gasteiger partial charge in [-0.15, -0.1) is 0 Å². The summed E-state index contributed by atoms with van der Waals surface area (Å²) in [5, 5.41) is 8.51. The van der Waals surface area contributed by atoms with Crippen LogP contribution < -0.4 is 4.74 Å². The van der Waals surface area contributed by atoms with E-state index >= 15 is 0 Å². The summed E-state index contributed by atoms with van der Waals surface area (Å²) >= 11 is 1.04.